The smallest absolute Gasteiger partial charge is 0.309 e. The quantitative estimate of drug-likeness (QED) is 0.155. The summed E-state index contributed by atoms with van der Waals surface area (Å²) in [4.78, 5) is 12.4. The summed E-state index contributed by atoms with van der Waals surface area (Å²) in [6.07, 6.45) is 29.6. The second-order valence-electron chi connectivity index (χ2n) is 10.7. The topological polar surface area (TPSA) is 35.5 Å². The molecule has 3 heteroatoms. The van der Waals surface area contributed by atoms with Crippen LogP contribution < -0.4 is 0 Å². The minimum absolute atomic E-state index is 0.0288. The van der Waals surface area contributed by atoms with Gasteiger partial charge in [0.2, 0.25) is 0 Å². The molecule has 0 bridgehead atoms. The van der Waals surface area contributed by atoms with Crippen molar-refractivity contribution in [2.45, 2.75) is 154 Å². The Hall–Kier alpha value is -0.570. The highest BCUT2D eigenvalue weighted by Crippen LogP contribution is 2.33. The summed E-state index contributed by atoms with van der Waals surface area (Å²) in [6.45, 7) is 3.30. The first-order valence-corrected chi connectivity index (χ1v) is 14.6. The van der Waals surface area contributed by atoms with E-state index in [-0.39, 0.29) is 11.9 Å². The van der Waals surface area contributed by atoms with Crippen LogP contribution in [-0.4, -0.2) is 25.3 Å². The molecule has 2 rings (SSSR count). The first-order valence-electron chi connectivity index (χ1n) is 14.6. The number of hydrogen-bond acceptors (Lipinski definition) is 3. The molecule has 2 saturated carbocycles. The predicted octanol–water partition coefficient (Wildman–Crippen LogP) is 8.78. The average molecular weight is 451 g/mol. The van der Waals surface area contributed by atoms with Crippen LogP contribution in [0.1, 0.15) is 148 Å². The van der Waals surface area contributed by atoms with Gasteiger partial charge in [0.05, 0.1) is 18.6 Å². The monoisotopic (exact) mass is 450 g/mol. The Kier molecular flexibility index (Phi) is 16.3. The lowest BCUT2D eigenvalue weighted by molar-refractivity contribution is -0.152. The van der Waals surface area contributed by atoms with Crippen molar-refractivity contribution in [2.24, 2.45) is 11.8 Å². The number of unbranched alkanes of at least 4 members (excludes halogenated alkanes) is 11. The zero-order valence-electron chi connectivity index (χ0n) is 21.4. The number of carbonyl (C=O) groups is 1. The molecular weight excluding hydrogens is 396 g/mol. The molecule has 32 heavy (non-hydrogen) atoms. The van der Waals surface area contributed by atoms with Crippen molar-refractivity contribution in [3.05, 3.63) is 0 Å². The Labute approximate surface area is 199 Å². The van der Waals surface area contributed by atoms with Crippen LogP contribution in [0.3, 0.4) is 0 Å². The molecule has 0 radical (unpaired) electrons. The third-order valence-electron chi connectivity index (χ3n) is 7.88. The first-order chi connectivity index (χ1) is 15.8. The van der Waals surface area contributed by atoms with Gasteiger partial charge in [0.25, 0.3) is 0 Å². The second kappa shape index (κ2) is 18.8. The van der Waals surface area contributed by atoms with Gasteiger partial charge in [-0.2, -0.15) is 0 Å². The molecule has 0 aliphatic heterocycles. The third kappa shape index (κ3) is 13.2. The Morgan fingerprint density at radius 2 is 1.22 bits per heavy atom. The molecule has 3 nitrogen and oxygen atoms in total. The van der Waals surface area contributed by atoms with Crippen molar-refractivity contribution in [1.82, 2.24) is 0 Å². The van der Waals surface area contributed by atoms with Gasteiger partial charge in [-0.15, -0.1) is 0 Å². The number of esters is 1. The minimum Gasteiger partial charge on any atom is -0.463 e. The van der Waals surface area contributed by atoms with Crippen molar-refractivity contribution >= 4 is 5.97 Å². The molecule has 2 aliphatic carbocycles. The molecule has 0 saturated heterocycles. The van der Waals surface area contributed by atoms with Gasteiger partial charge in [0, 0.05) is 0 Å². The number of carbonyl (C=O) groups excluding carboxylic acids is 1. The van der Waals surface area contributed by atoms with Crippen LogP contribution in [0, 0.1) is 11.8 Å². The molecule has 2 aliphatic rings. The molecule has 0 aromatic rings. The van der Waals surface area contributed by atoms with E-state index in [1.807, 2.05) is 0 Å². The molecule has 0 heterocycles. The summed E-state index contributed by atoms with van der Waals surface area (Å²) in [5.41, 5.74) is 0. The van der Waals surface area contributed by atoms with E-state index in [0.29, 0.717) is 19.3 Å². The van der Waals surface area contributed by atoms with Crippen LogP contribution >= 0.6 is 0 Å². The largest absolute Gasteiger partial charge is 0.463 e. The minimum atomic E-state index is 0.0288. The maximum absolute atomic E-state index is 12.4. The van der Waals surface area contributed by atoms with Crippen molar-refractivity contribution in [1.29, 1.82) is 0 Å². The third-order valence-corrected chi connectivity index (χ3v) is 7.88. The highest BCUT2D eigenvalue weighted by molar-refractivity contribution is 5.72. The van der Waals surface area contributed by atoms with Crippen LogP contribution in [0.5, 0.6) is 0 Å². The van der Waals surface area contributed by atoms with Crippen LogP contribution in [0.15, 0.2) is 0 Å². The van der Waals surface area contributed by atoms with Crippen LogP contribution in [0.2, 0.25) is 0 Å². The van der Waals surface area contributed by atoms with E-state index in [4.69, 9.17) is 9.47 Å². The van der Waals surface area contributed by atoms with Gasteiger partial charge in [-0.25, -0.2) is 0 Å². The number of rotatable bonds is 18. The molecule has 0 unspecified atom stereocenters. The molecule has 0 aromatic carbocycles. The summed E-state index contributed by atoms with van der Waals surface area (Å²) in [7, 11) is 0. The van der Waals surface area contributed by atoms with E-state index in [1.165, 1.54) is 128 Å². The molecule has 0 amide bonds. The molecule has 0 N–H and O–H groups in total. The standard InChI is InChI=1S/C29H54O3/c1-2-3-4-5-6-7-8-9-10-11-12-14-17-26-20-22-27(23-21-26)29(30)32-25-24-31-28-18-15-13-16-19-28/h26-28H,2-25H2,1H3. The SMILES string of the molecule is CCCCCCCCCCCCCCC1CCC(C(=O)OCCOC2CCCCC2)CC1. The number of ether oxygens (including phenoxy) is 2. The second-order valence-corrected chi connectivity index (χ2v) is 10.7. The maximum Gasteiger partial charge on any atom is 0.309 e. The first kappa shape index (κ1) is 27.7. The van der Waals surface area contributed by atoms with Crippen molar-refractivity contribution < 1.29 is 14.3 Å². The predicted molar refractivity (Wildman–Crippen MR) is 135 cm³/mol. The normalized spacial score (nSPS) is 22.2. The van der Waals surface area contributed by atoms with E-state index < -0.39 is 0 Å². The fourth-order valence-electron chi connectivity index (χ4n) is 5.67. The van der Waals surface area contributed by atoms with E-state index in [0.717, 1.165) is 18.8 Å². The molecule has 0 spiro atoms. The average Bonchev–Trinajstić information content (AvgIpc) is 2.83. The fraction of sp³-hybridized carbons (Fsp3) is 0.966. The van der Waals surface area contributed by atoms with Gasteiger partial charge in [-0.05, 0) is 44.4 Å². The summed E-state index contributed by atoms with van der Waals surface area (Å²) in [5, 5.41) is 0. The van der Waals surface area contributed by atoms with E-state index in [2.05, 4.69) is 6.92 Å². The van der Waals surface area contributed by atoms with E-state index in [1.54, 1.807) is 0 Å². The summed E-state index contributed by atoms with van der Waals surface area (Å²) >= 11 is 0. The highest BCUT2D eigenvalue weighted by Gasteiger charge is 2.27. The Morgan fingerprint density at radius 1 is 0.656 bits per heavy atom. The maximum atomic E-state index is 12.4. The molecule has 188 valence electrons. The lowest BCUT2D eigenvalue weighted by Crippen LogP contribution is -2.26. The van der Waals surface area contributed by atoms with E-state index >= 15 is 0 Å². The molecule has 0 atom stereocenters. The summed E-state index contributed by atoms with van der Waals surface area (Å²) in [5.74, 6) is 1.01. The molecule has 2 fully saturated rings. The van der Waals surface area contributed by atoms with Gasteiger partial charge in [0.1, 0.15) is 6.61 Å². The van der Waals surface area contributed by atoms with Crippen LogP contribution in [0.25, 0.3) is 0 Å². The van der Waals surface area contributed by atoms with Gasteiger partial charge in [0.15, 0.2) is 0 Å². The fourth-order valence-corrected chi connectivity index (χ4v) is 5.67. The van der Waals surface area contributed by atoms with Gasteiger partial charge >= 0.3 is 5.97 Å². The summed E-state index contributed by atoms with van der Waals surface area (Å²) < 4.78 is 11.4. The highest BCUT2D eigenvalue weighted by atomic mass is 16.6. The Balaban J connectivity index is 1.35. The summed E-state index contributed by atoms with van der Waals surface area (Å²) in [6, 6.07) is 0. The van der Waals surface area contributed by atoms with Crippen molar-refractivity contribution in [3.8, 4) is 0 Å². The Bertz CT molecular complexity index is 436. The lowest BCUT2D eigenvalue weighted by Gasteiger charge is -2.27. The Morgan fingerprint density at radius 3 is 1.81 bits per heavy atom. The van der Waals surface area contributed by atoms with E-state index in [9.17, 15) is 4.79 Å². The van der Waals surface area contributed by atoms with Gasteiger partial charge < -0.3 is 9.47 Å². The van der Waals surface area contributed by atoms with Crippen molar-refractivity contribution in [2.75, 3.05) is 13.2 Å². The lowest BCUT2D eigenvalue weighted by atomic mass is 9.80. The van der Waals surface area contributed by atoms with Crippen LogP contribution in [-0.2, 0) is 14.3 Å². The zero-order valence-corrected chi connectivity index (χ0v) is 21.4. The van der Waals surface area contributed by atoms with Gasteiger partial charge in [-0.1, -0.05) is 110 Å². The zero-order chi connectivity index (χ0) is 22.7. The van der Waals surface area contributed by atoms with Crippen molar-refractivity contribution in [3.63, 3.8) is 0 Å². The number of hydrogen-bond donors (Lipinski definition) is 0. The molecular formula is C29H54O3. The van der Waals surface area contributed by atoms with Gasteiger partial charge in [-0.3, -0.25) is 4.79 Å². The molecule has 0 aromatic heterocycles. The van der Waals surface area contributed by atoms with Crippen LogP contribution in [0.4, 0.5) is 0 Å².